The fraction of sp³-hybridized carbons (Fsp3) is 0.118. The third kappa shape index (κ3) is 3.78. The number of carbonyl (C=O) groups is 2. The van der Waals surface area contributed by atoms with Crippen LogP contribution < -0.4 is 10.6 Å². The van der Waals surface area contributed by atoms with E-state index in [1.165, 1.54) is 18.2 Å². The van der Waals surface area contributed by atoms with Crippen molar-refractivity contribution < 1.29 is 14.0 Å². The van der Waals surface area contributed by atoms with Gasteiger partial charge in [-0.25, -0.2) is 9.38 Å². The fourth-order valence-electron chi connectivity index (χ4n) is 2.34. The summed E-state index contributed by atoms with van der Waals surface area (Å²) in [5.41, 5.74) is 0.951. The summed E-state index contributed by atoms with van der Waals surface area (Å²) in [6.07, 6.45) is 0.168. The van der Waals surface area contributed by atoms with Gasteiger partial charge in [-0.15, -0.1) is 0 Å². The van der Waals surface area contributed by atoms with Crippen LogP contribution in [0.25, 0.3) is 0 Å². The summed E-state index contributed by atoms with van der Waals surface area (Å²) >= 11 is 5.85. The minimum Gasteiger partial charge on any atom is -0.296 e. The number of nitrogens with zero attached hydrogens (tertiary/aromatic N) is 1. The highest BCUT2D eigenvalue weighted by Crippen LogP contribution is 2.24. The van der Waals surface area contributed by atoms with E-state index in [0.29, 0.717) is 5.02 Å². The number of rotatable bonds is 2. The number of amides is 2. The Hall–Kier alpha value is -2.73. The molecule has 2 aromatic carbocycles. The van der Waals surface area contributed by atoms with E-state index < -0.39 is 17.8 Å². The van der Waals surface area contributed by atoms with Gasteiger partial charge in [-0.1, -0.05) is 29.8 Å². The van der Waals surface area contributed by atoms with Crippen LogP contribution in [0.2, 0.25) is 5.02 Å². The van der Waals surface area contributed by atoms with Gasteiger partial charge >= 0.3 is 0 Å². The largest absolute Gasteiger partial charge is 0.296 e. The van der Waals surface area contributed by atoms with Crippen molar-refractivity contribution in [3.63, 3.8) is 0 Å². The van der Waals surface area contributed by atoms with Gasteiger partial charge in [-0.05, 0) is 35.9 Å². The lowest BCUT2D eigenvalue weighted by molar-refractivity contribution is -0.120. The zero-order valence-corrected chi connectivity index (χ0v) is 13.2. The molecular formula is C17H13ClFN3O2. The zero-order valence-electron chi connectivity index (χ0n) is 12.4. The monoisotopic (exact) mass is 345 g/mol. The van der Waals surface area contributed by atoms with Crippen molar-refractivity contribution >= 4 is 29.4 Å². The Kier molecular flexibility index (Phi) is 4.57. The lowest BCUT2D eigenvalue weighted by atomic mass is 10.0. The minimum atomic E-state index is -0.551. The van der Waals surface area contributed by atoms with Crippen LogP contribution in [0.3, 0.4) is 0 Å². The maximum absolute atomic E-state index is 13.2. The van der Waals surface area contributed by atoms with Gasteiger partial charge < -0.3 is 0 Å². The summed E-state index contributed by atoms with van der Waals surface area (Å²) < 4.78 is 13.2. The number of hydrogen-bond donors (Lipinski definition) is 2. The number of hydrogen-bond acceptors (Lipinski definition) is 3. The van der Waals surface area contributed by atoms with Crippen molar-refractivity contribution in [3.8, 4) is 0 Å². The number of carbonyl (C=O) groups excluding carboxylic acids is 2. The maximum atomic E-state index is 13.2. The van der Waals surface area contributed by atoms with E-state index in [2.05, 4.69) is 15.6 Å². The Labute approximate surface area is 142 Å². The SMILES string of the molecule is O=C1C[C@@H](c2ccc(Cl)cc2)N=C(NC(=O)c2cccc(F)c2)N1. The molecule has 0 unspecified atom stereocenters. The lowest BCUT2D eigenvalue weighted by Crippen LogP contribution is -2.47. The molecule has 2 amide bonds. The molecular weight excluding hydrogens is 333 g/mol. The summed E-state index contributed by atoms with van der Waals surface area (Å²) in [7, 11) is 0. The third-order valence-corrected chi connectivity index (χ3v) is 3.75. The second kappa shape index (κ2) is 6.80. The van der Waals surface area contributed by atoms with Crippen LogP contribution in [0.4, 0.5) is 4.39 Å². The average molecular weight is 346 g/mol. The molecule has 0 spiro atoms. The minimum absolute atomic E-state index is 0.0421. The first-order chi connectivity index (χ1) is 11.5. The molecule has 24 heavy (non-hydrogen) atoms. The van der Waals surface area contributed by atoms with E-state index in [1.807, 2.05) is 0 Å². The molecule has 0 saturated heterocycles. The van der Waals surface area contributed by atoms with Crippen molar-refractivity contribution in [1.82, 2.24) is 10.6 Å². The van der Waals surface area contributed by atoms with Crippen LogP contribution in [0.15, 0.2) is 53.5 Å². The second-order valence-corrected chi connectivity index (χ2v) is 5.70. The van der Waals surface area contributed by atoms with Crippen LogP contribution in [-0.4, -0.2) is 17.8 Å². The van der Waals surface area contributed by atoms with Gasteiger partial charge in [0.2, 0.25) is 11.9 Å². The van der Waals surface area contributed by atoms with E-state index in [-0.39, 0.29) is 23.9 Å². The van der Waals surface area contributed by atoms with Crippen molar-refractivity contribution in [1.29, 1.82) is 0 Å². The van der Waals surface area contributed by atoms with Crippen molar-refractivity contribution in [2.24, 2.45) is 4.99 Å². The first kappa shape index (κ1) is 16.1. The number of benzene rings is 2. The van der Waals surface area contributed by atoms with Gasteiger partial charge in [0, 0.05) is 10.6 Å². The van der Waals surface area contributed by atoms with Gasteiger partial charge in [0.15, 0.2) is 0 Å². The topological polar surface area (TPSA) is 70.6 Å². The molecule has 0 radical (unpaired) electrons. The molecule has 0 saturated carbocycles. The molecule has 2 N–H and O–H groups in total. The second-order valence-electron chi connectivity index (χ2n) is 5.26. The Bertz CT molecular complexity index is 821. The molecule has 1 atom stereocenters. The zero-order chi connectivity index (χ0) is 17.1. The summed E-state index contributed by atoms with van der Waals surface area (Å²) in [4.78, 5) is 28.3. The predicted octanol–water partition coefficient (Wildman–Crippen LogP) is 2.83. The molecule has 1 aliphatic rings. The van der Waals surface area contributed by atoms with E-state index in [0.717, 1.165) is 11.6 Å². The predicted molar refractivity (Wildman–Crippen MR) is 88.3 cm³/mol. The van der Waals surface area contributed by atoms with Crippen molar-refractivity contribution in [3.05, 3.63) is 70.5 Å². The van der Waals surface area contributed by atoms with E-state index >= 15 is 0 Å². The number of guanidine groups is 1. The third-order valence-electron chi connectivity index (χ3n) is 3.50. The Morgan fingerprint density at radius 1 is 1.25 bits per heavy atom. The van der Waals surface area contributed by atoms with E-state index in [4.69, 9.17) is 11.6 Å². The lowest BCUT2D eigenvalue weighted by Gasteiger charge is -2.21. The molecule has 5 nitrogen and oxygen atoms in total. The molecule has 1 heterocycles. The number of aliphatic imine (C=N–C) groups is 1. The van der Waals surface area contributed by atoms with Gasteiger partial charge in [0.1, 0.15) is 5.82 Å². The van der Waals surface area contributed by atoms with Crippen LogP contribution >= 0.6 is 11.6 Å². The molecule has 0 bridgehead atoms. The summed E-state index contributed by atoms with van der Waals surface area (Å²) in [6.45, 7) is 0. The molecule has 0 aliphatic carbocycles. The van der Waals surface area contributed by atoms with Gasteiger partial charge in [-0.3, -0.25) is 20.2 Å². The molecule has 0 aromatic heterocycles. The van der Waals surface area contributed by atoms with Crippen molar-refractivity contribution in [2.75, 3.05) is 0 Å². The quantitative estimate of drug-likeness (QED) is 0.878. The molecule has 0 fully saturated rings. The smallest absolute Gasteiger partial charge is 0.258 e. The van der Waals surface area contributed by atoms with Gasteiger partial charge in [0.05, 0.1) is 12.5 Å². The van der Waals surface area contributed by atoms with Crippen molar-refractivity contribution in [2.45, 2.75) is 12.5 Å². The number of halogens is 2. The Morgan fingerprint density at radius 2 is 2.00 bits per heavy atom. The fourth-order valence-corrected chi connectivity index (χ4v) is 2.47. The van der Waals surface area contributed by atoms with Crippen LogP contribution in [-0.2, 0) is 4.79 Å². The highest BCUT2D eigenvalue weighted by atomic mass is 35.5. The highest BCUT2D eigenvalue weighted by molar-refractivity contribution is 6.30. The summed E-state index contributed by atoms with van der Waals surface area (Å²) in [6, 6.07) is 11.8. The molecule has 7 heteroatoms. The highest BCUT2D eigenvalue weighted by Gasteiger charge is 2.23. The normalized spacial score (nSPS) is 17.0. The first-order valence-corrected chi connectivity index (χ1v) is 7.59. The molecule has 2 aromatic rings. The standard InChI is InChI=1S/C17H13ClFN3O2/c18-12-6-4-10(5-7-12)14-9-15(23)21-17(20-14)22-16(24)11-2-1-3-13(19)8-11/h1-8,14H,9H2,(H2,20,21,22,23,24)/t14-/m0/s1. The summed E-state index contributed by atoms with van der Waals surface area (Å²) in [5.74, 6) is -1.29. The van der Waals surface area contributed by atoms with Gasteiger partial charge in [0.25, 0.3) is 5.91 Å². The van der Waals surface area contributed by atoms with Crippen LogP contribution in [0.1, 0.15) is 28.4 Å². The average Bonchev–Trinajstić information content (AvgIpc) is 2.55. The van der Waals surface area contributed by atoms with E-state index in [1.54, 1.807) is 24.3 Å². The molecule has 3 rings (SSSR count). The molecule has 1 aliphatic heterocycles. The Balaban J connectivity index is 1.80. The Morgan fingerprint density at radius 3 is 2.71 bits per heavy atom. The van der Waals surface area contributed by atoms with E-state index in [9.17, 15) is 14.0 Å². The summed E-state index contributed by atoms with van der Waals surface area (Å²) in [5, 5.41) is 5.58. The maximum Gasteiger partial charge on any atom is 0.258 e. The van der Waals surface area contributed by atoms with Gasteiger partial charge in [-0.2, -0.15) is 0 Å². The first-order valence-electron chi connectivity index (χ1n) is 7.21. The van der Waals surface area contributed by atoms with Crippen LogP contribution in [0.5, 0.6) is 0 Å². The number of nitrogens with one attached hydrogen (secondary N) is 2. The molecule has 122 valence electrons. The van der Waals surface area contributed by atoms with Crippen LogP contribution in [0, 0.1) is 5.82 Å².